The standard InChI is InChI=1S/C19H21N5O5.C10H11NO2/c1-5-10-9-29-14(15-16(25)23-18(26)22-15)7-13(10)21-12(6-2)11-8-20-19(28-4)24-17(11)27-3;1-11-6-7-3-4-8(13-2)5-9(7)10(11)12/h6-8,15H,2,5,9H2,1,3-4H3,(H2,22,23,25,26);3-5H,6H2,1-2H3. The van der Waals surface area contributed by atoms with E-state index in [0.717, 1.165) is 22.4 Å². The molecule has 0 bridgehead atoms. The number of nitrogens with zero attached hydrogens (tertiary/aromatic N) is 4. The van der Waals surface area contributed by atoms with Crippen LogP contribution in [0.25, 0.3) is 0 Å². The van der Waals surface area contributed by atoms with Gasteiger partial charge in [0.2, 0.25) is 5.88 Å². The molecule has 220 valence electrons. The molecule has 1 unspecified atom stereocenters. The molecule has 3 aliphatic heterocycles. The van der Waals surface area contributed by atoms with Crippen LogP contribution in [-0.2, 0) is 16.1 Å². The molecule has 1 aromatic carbocycles. The first-order valence-corrected chi connectivity index (χ1v) is 13.0. The van der Waals surface area contributed by atoms with Crippen molar-refractivity contribution in [2.45, 2.75) is 25.9 Å². The third kappa shape index (κ3) is 6.24. The second kappa shape index (κ2) is 13.0. The SMILES string of the molecule is C=CC(=NC1=C(CC)COC(C2NC(=O)NC2=O)=C1)c1cnc(OC)nc1OC.COc1ccc2c(c1)C(=O)N(C)C2. The maximum absolute atomic E-state index is 12.0. The number of carbonyl (C=O) groups excluding carboxylic acids is 3. The van der Waals surface area contributed by atoms with Crippen LogP contribution in [0.1, 0.15) is 34.8 Å². The lowest BCUT2D eigenvalue weighted by atomic mass is 10.1. The fourth-order valence-corrected chi connectivity index (χ4v) is 4.38. The third-order valence-electron chi connectivity index (χ3n) is 6.66. The Labute approximate surface area is 242 Å². The Morgan fingerprint density at radius 1 is 1.21 bits per heavy atom. The molecule has 0 saturated carbocycles. The van der Waals surface area contributed by atoms with Crippen molar-refractivity contribution >= 4 is 23.6 Å². The monoisotopic (exact) mass is 576 g/mol. The number of hydrogen-bond donors (Lipinski definition) is 2. The van der Waals surface area contributed by atoms with Crippen molar-refractivity contribution in [1.82, 2.24) is 25.5 Å². The molecule has 13 heteroatoms. The molecule has 5 rings (SSSR count). The number of rotatable bonds is 8. The van der Waals surface area contributed by atoms with E-state index in [1.54, 1.807) is 37.3 Å². The number of hydrogen-bond acceptors (Lipinski definition) is 10. The minimum Gasteiger partial charge on any atom is -0.497 e. The number of fused-ring (bicyclic) bond motifs is 1. The molecule has 1 aromatic heterocycles. The quantitative estimate of drug-likeness (QED) is 0.356. The zero-order chi connectivity index (χ0) is 30.4. The summed E-state index contributed by atoms with van der Waals surface area (Å²) in [6, 6.07) is 4.32. The fraction of sp³-hybridized carbons (Fsp3) is 0.310. The van der Waals surface area contributed by atoms with Gasteiger partial charge in [-0.3, -0.25) is 14.9 Å². The fourth-order valence-electron chi connectivity index (χ4n) is 4.38. The van der Waals surface area contributed by atoms with Gasteiger partial charge in [-0.25, -0.2) is 14.8 Å². The number of nitrogens with one attached hydrogen (secondary N) is 2. The van der Waals surface area contributed by atoms with Gasteiger partial charge in [-0.05, 0) is 35.8 Å². The van der Waals surface area contributed by atoms with Gasteiger partial charge in [0.05, 0.1) is 38.3 Å². The minimum absolute atomic E-state index is 0.0777. The van der Waals surface area contributed by atoms with E-state index in [-0.39, 0.29) is 24.4 Å². The van der Waals surface area contributed by atoms with Crippen molar-refractivity contribution < 1.29 is 33.3 Å². The number of carbonyl (C=O) groups is 3. The molecule has 0 radical (unpaired) electrons. The lowest BCUT2D eigenvalue weighted by Crippen LogP contribution is -2.33. The molecular formula is C29H32N6O7. The van der Waals surface area contributed by atoms with Crippen LogP contribution < -0.4 is 24.8 Å². The first-order chi connectivity index (χ1) is 20.2. The Morgan fingerprint density at radius 2 is 2.00 bits per heavy atom. The Hall–Kier alpha value is -5.20. The topological polar surface area (TPSA) is 154 Å². The van der Waals surface area contributed by atoms with Gasteiger partial charge in [0.1, 0.15) is 18.1 Å². The van der Waals surface area contributed by atoms with Crippen molar-refractivity contribution in [3.05, 3.63) is 76.8 Å². The minimum atomic E-state index is -0.892. The van der Waals surface area contributed by atoms with Crippen LogP contribution >= 0.6 is 0 Å². The molecule has 1 fully saturated rings. The average molecular weight is 577 g/mol. The van der Waals surface area contributed by atoms with Crippen LogP contribution in [-0.4, -0.2) is 79.5 Å². The first kappa shape index (κ1) is 29.8. The van der Waals surface area contributed by atoms with E-state index >= 15 is 0 Å². The molecule has 4 amide bonds. The van der Waals surface area contributed by atoms with Crippen LogP contribution in [0.4, 0.5) is 4.79 Å². The van der Waals surface area contributed by atoms with Crippen molar-refractivity contribution in [2.75, 3.05) is 35.0 Å². The molecule has 42 heavy (non-hydrogen) atoms. The van der Waals surface area contributed by atoms with Gasteiger partial charge in [-0.2, -0.15) is 4.98 Å². The summed E-state index contributed by atoms with van der Waals surface area (Å²) in [5.74, 6) is 0.938. The van der Waals surface area contributed by atoms with E-state index in [2.05, 4.69) is 32.2 Å². The molecule has 13 nitrogen and oxygen atoms in total. The summed E-state index contributed by atoms with van der Waals surface area (Å²) in [5.41, 5.74) is 4.37. The Kier molecular flexibility index (Phi) is 9.20. The molecule has 1 saturated heterocycles. The zero-order valence-electron chi connectivity index (χ0n) is 24.0. The highest BCUT2D eigenvalue weighted by Gasteiger charge is 2.35. The lowest BCUT2D eigenvalue weighted by molar-refractivity contribution is -0.120. The summed E-state index contributed by atoms with van der Waals surface area (Å²) in [4.78, 5) is 49.6. The molecule has 4 heterocycles. The van der Waals surface area contributed by atoms with E-state index in [9.17, 15) is 14.4 Å². The van der Waals surface area contributed by atoms with Gasteiger partial charge in [0.25, 0.3) is 11.8 Å². The average Bonchev–Trinajstić information content (AvgIpc) is 3.50. The maximum atomic E-state index is 12.0. The molecular weight excluding hydrogens is 544 g/mol. The molecule has 3 aliphatic rings. The van der Waals surface area contributed by atoms with Crippen LogP contribution in [0.2, 0.25) is 0 Å². The summed E-state index contributed by atoms with van der Waals surface area (Å²) < 4.78 is 21.1. The van der Waals surface area contributed by atoms with Gasteiger partial charge in [-0.1, -0.05) is 19.6 Å². The Morgan fingerprint density at radius 3 is 2.62 bits per heavy atom. The van der Waals surface area contributed by atoms with Gasteiger partial charge in [0, 0.05) is 31.4 Å². The summed E-state index contributed by atoms with van der Waals surface area (Å²) in [6.07, 6.45) is 5.41. The number of imide groups is 1. The predicted molar refractivity (Wildman–Crippen MR) is 152 cm³/mol. The number of methoxy groups -OCH3 is 3. The molecule has 1 atom stereocenters. The largest absolute Gasteiger partial charge is 0.497 e. The smallest absolute Gasteiger partial charge is 0.322 e. The van der Waals surface area contributed by atoms with E-state index in [4.69, 9.17) is 18.9 Å². The zero-order valence-corrected chi connectivity index (χ0v) is 24.0. The second-order valence-corrected chi connectivity index (χ2v) is 9.24. The lowest BCUT2D eigenvalue weighted by Gasteiger charge is -2.21. The van der Waals surface area contributed by atoms with E-state index in [1.807, 2.05) is 19.1 Å². The van der Waals surface area contributed by atoms with Crippen LogP contribution in [0.3, 0.4) is 0 Å². The van der Waals surface area contributed by atoms with Crippen molar-refractivity contribution in [3.8, 4) is 17.6 Å². The van der Waals surface area contributed by atoms with Crippen LogP contribution in [0.5, 0.6) is 17.6 Å². The maximum Gasteiger partial charge on any atom is 0.322 e. The van der Waals surface area contributed by atoms with Gasteiger partial charge in [0.15, 0.2) is 6.04 Å². The number of amides is 4. The summed E-state index contributed by atoms with van der Waals surface area (Å²) >= 11 is 0. The number of aromatic nitrogens is 2. The number of benzene rings is 1. The third-order valence-corrected chi connectivity index (χ3v) is 6.66. The summed E-state index contributed by atoms with van der Waals surface area (Å²) in [5, 5.41) is 4.70. The van der Waals surface area contributed by atoms with Crippen molar-refractivity contribution in [1.29, 1.82) is 0 Å². The number of urea groups is 1. The molecule has 0 spiro atoms. The van der Waals surface area contributed by atoms with Crippen LogP contribution in [0, 0.1) is 0 Å². The highest BCUT2D eigenvalue weighted by atomic mass is 16.5. The Bertz CT molecular complexity index is 1510. The van der Waals surface area contributed by atoms with Crippen molar-refractivity contribution in [3.63, 3.8) is 0 Å². The van der Waals surface area contributed by atoms with Crippen LogP contribution in [0.15, 0.2) is 65.1 Å². The highest BCUT2D eigenvalue weighted by Crippen LogP contribution is 2.27. The first-order valence-electron chi connectivity index (χ1n) is 13.0. The number of allylic oxidation sites excluding steroid dienone is 2. The Balaban J connectivity index is 0.000000258. The predicted octanol–water partition coefficient (Wildman–Crippen LogP) is 2.54. The summed E-state index contributed by atoms with van der Waals surface area (Å²) in [7, 11) is 6.35. The van der Waals surface area contributed by atoms with E-state index in [0.29, 0.717) is 35.7 Å². The normalized spacial score (nSPS) is 17.8. The number of aliphatic imine (C=N–C) groups is 1. The molecule has 2 aromatic rings. The number of ether oxygens (including phenoxy) is 4. The van der Waals surface area contributed by atoms with Crippen molar-refractivity contribution in [2.24, 2.45) is 4.99 Å². The van der Waals surface area contributed by atoms with Gasteiger partial charge in [-0.15, -0.1) is 0 Å². The van der Waals surface area contributed by atoms with E-state index in [1.165, 1.54) is 20.4 Å². The van der Waals surface area contributed by atoms with Gasteiger partial charge < -0.3 is 29.2 Å². The second-order valence-electron chi connectivity index (χ2n) is 9.24. The molecule has 0 aliphatic carbocycles. The summed E-state index contributed by atoms with van der Waals surface area (Å²) in [6.45, 7) is 6.75. The molecule has 2 N–H and O–H groups in total. The highest BCUT2D eigenvalue weighted by molar-refractivity contribution is 6.10. The van der Waals surface area contributed by atoms with E-state index < -0.39 is 18.0 Å². The van der Waals surface area contributed by atoms with Gasteiger partial charge >= 0.3 is 12.0 Å².